The van der Waals surface area contributed by atoms with Gasteiger partial charge in [0.05, 0.1) is 34.4 Å². The van der Waals surface area contributed by atoms with E-state index in [1.807, 2.05) is 0 Å². The molecule has 0 saturated carbocycles. The van der Waals surface area contributed by atoms with Gasteiger partial charge in [0.15, 0.2) is 0 Å². The molecule has 3 heterocycles. The summed E-state index contributed by atoms with van der Waals surface area (Å²) in [6.45, 7) is 9.01. The predicted molar refractivity (Wildman–Crippen MR) is 125 cm³/mol. The lowest BCUT2D eigenvalue weighted by atomic mass is 10.1. The summed E-state index contributed by atoms with van der Waals surface area (Å²) in [6.07, 6.45) is 1.61. The standard InChI is InChI=1S/C24H29ClFN5O2/c1-4-30-9-7-17(8-10-30)33-21-11-16(26)5-6-18(21)24(32)31-12-19(20(27)13-31)23-28-14(2)22(25)15(3)29-23/h5-6,11,17,19,27H,4,7-10,12-13H2,1-3H3. The Labute approximate surface area is 198 Å². The number of hydrogen-bond acceptors (Lipinski definition) is 6. The minimum atomic E-state index is -0.444. The van der Waals surface area contributed by atoms with Crippen molar-refractivity contribution in [3.8, 4) is 5.75 Å². The Hall–Kier alpha value is -2.58. The second kappa shape index (κ2) is 9.73. The van der Waals surface area contributed by atoms with Gasteiger partial charge in [0.2, 0.25) is 0 Å². The van der Waals surface area contributed by atoms with E-state index in [0.29, 0.717) is 33.5 Å². The van der Waals surface area contributed by atoms with Crippen molar-refractivity contribution in [2.45, 2.75) is 45.6 Å². The molecule has 4 rings (SSSR count). The van der Waals surface area contributed by atoms with Crippen LogP contribution in [0.25, 0.3) is 0 Å². The Morgan fingerprint density at radius 2 is 1.91 bits per heavy atom. The van der Waals surface area contributed by atoms with Crippen LogP contribution in [0, 0.1) is 25.1 Å². The van der Waals surface area contributed by atoms with Gasteiger partial charge in [0.25, 0.3) is 5.91 Å². The molecule has 2 aliphatic rings. The lowest BCUT2D eigenvalue weighted by Gasteiger charge is -2.31. The van der Waals surface area contributed by atoms with Crippen molar-refractivity contribution in [2.24, 2.45) is 0 Å². The lowest BCUT2D eigenvalue weighted by Crippen LogP contribution is -2.38. The number of benzene rings is 1. The van der Waals surface area contributed by atoms with Crippen LogP contribution in [0.2, 0.25) is 5.02 Å². The van der Waals surface area contributed by atoms with Crippen LogP contribution < -0.4 is 4.74 Å². The first-order chi connectivity index (χ1) is 15.8. The van der Waals surface area contributed by atoms with Gasteiger partial charge in [-0.15, -0.1) is 0 Å². The molecule has 9 heteroatoms. The van der Waals surface area contributed by atoms with E-state index in [-0.39, 0.29) is 30.9 Å². The smallest absolute Gasteiger partial charge is 0.257 e. The number of carbonyl (C=O) groups is 1. The van der Waals surface area contributed by atoms with Crippen LogP contribution in [-0.4, -0.2) is 70.2 Å². The Balaban J connectivity index is 1.52. The van der Waals surface area contributed by atoms with Crippen LogP contribution >= 0.6 is 11.6 Å². The van der Waals surface area contributed by atoms with Crippen molar-refractivity contribution in [1.82, 2.24) is 19.8 Å². The van der Waals surface area contributed by atoms with E-state index in [9.17, 15) is 9.18 Å². The zero-order valence-corrected chi connectivity index (χ0v) is 20.0. The van der Waals surface area contributed by atoms with Crippen molar-refractivity contribution in [3.05, 3.63) is 51.8 Å². The Kier molecular flexibility index (Phi) is 6.95. The molecule has 176 valence electrons. The molecule has 2 saturated heterocycles. The molecule has 1 unspecified atom stereocenters. The molecule has 0 bridgehead atoms. The molecule has 1 amide bonds. The molecule has 0 aliphatic carbocycles. The monoisotopic (exact) mass is 473 g/mol. The molecule has 2 aliphatic heterocycles. The maximum absolute atomic E-state index is 14.0. The van der Waals surface area contributed by atoms with Gasteiger partial charge in [0, 0.05) is 31.4 Å². The molecule has 2 fully saturated rings. The summed E-state index contributed by atoms with van der Waals surface area (Å²) in [5, 5.41) is 8.96. The number of likely N-dealkylation sites (tertiary alicyclic amines) is 2. The third-order valence-corrected chi connectivity index (χ3v) is 6.98. The van der Waals surface area contributed by atoms with E-state index < -0.39 is 11.7 Å². The van der Waals surface area contributed by atoms with Crippen molar-refractivity contribution < 1.29 is 13.9 Å². The highest BCUT2D eigenvalue weighted by Crippen LogP contribution is 2.30. The second-order valence-corrected chi connectivity index (χ2v) is 9.10. The summed E-state index contributed by atoms with van der Waals surface area (Å²) in [6, 6.07) is 4.03. The molecule has 1 aromatic heterocycles. The zero-order valence-electron chi connectivity index (χ0n) is 19.2. The average molecular weight is 474 g/mol. The molecule has 7 nitrogen and oxygen atoms in total. The van der Waals surface area contributed by atoms with Gasteiger partial charge in [0.1, 0.15) is 23.5 Å². The summed E-state index contributed by atoms with van der Waals surface area (Å²) in [5.41, 5.74) is 1.98. The minimum Gasteiger partial charge on any atom is -0.489 e. The number of hydrogen-bond donors (Lipinski definition) is 1. The van der Waals surface area contributed by atoms with E-state index in [4.69, 9.17) is 21.7 Å². The van der Waals surface area contributed by atoms with Crippen LogP contribution in [-0.2, 0) is 0 Å². The lowest BCUT2D eigenvalue weighted by molar-refractivity contribution is 0.0772. The molecular formula is C24H29ClFN5O2. The summed E-state index contributed by atoms with van der Waals surface area (Å²) >= 11 is 6.19. The first kappa shape index (κ1) is 23.6. The molecule has 0 spiro atoms. The fourth-order valence-corrected chi connectivity index (χ4v) is 4.54. The van der Waals surface area contributed by atoms with Crippen molar-refractivity contribution in [3.63, 3.8) is 0 Å². The first-order valence-corrected chi connectivity index (χ1v) is 11.7. The van der Waals surface area contributed by atoms with E-state index in [2.05, 4.69) is 21.8 Å². The van der Waals surface area contributed by atoms with E-state index in [0.717, 1.165) is 32.5 Å². The Bertz CT molecular complexity index is 1050. The summed E-state index contributed by atoms with van der Waals surface area (Å²) in [4.78, 5) is 26.2. The number of nitrogens with zero attached hydrogens (tertiary/aromatic N) is 4. The number of aryl methyl sites for hydroxylation is 2. The maximum Gasteiger partial charge on any atom is 0.257 e. The summed E-state index contributed by atoms with van der Waals surface area (Å²) in [5.74, 6) is -0.370. The highest BCUT2D eigenvalue weighted by atomic mass is 35.5. The van der Waals surface area contributed by atoms with Gasteiger partial charge >= 0.3 is 0 Å². The van der Waals surface area contributed by atoms with Crippen molar-refractivity contribution in [1.29, 1.82) is 5.41 Å². The first-order valence-electron chi connectivity index (χ1n) is 11.3. The normalized spacial score (nSPS) is 19.8. The van der Waals surface area contributed by atoms with Gasteiger partial charge in [-0.3, -0.25) is 4.79 Å². The maximum atomic E-state index is 14.0. The van der Waals surface area contributed by atoms with Crippen molar-refractivity contribution >= 4 is 23.2 Å². The topological polar surface area (TPSA) is 82.4 Å². The average Bonchev–Trinajstić information content (AvgIpc) is 3.19. The van der Waals surface area contributed by atoms with Gasteiger partial charge in [-0.1, -0.05) is 18.5 Å². The van der Waals surface area contributed by atoms with Gasteiger partial charge in [-0.25, -0.2) is 14.4 Å². The van der Waals surface area contributed by atoms with E-state index in [1.165, 1.54) is 18.2 Å². The molecule has 1 N–H and O–H groups in total. The van der Waals surface area contributed by atoms with Crippen LogP contribution in [0.1, 0.15) is 53.3 Å². The number of amides is 1. The van der Waals surface area contributed by atoms with E-state index >= 15 is 0 Å². The molecule has 0 radical (unpaired) electrons. The highest BCUT2D eigenvalue weighted by molar-refractivity contribution is 6.31. The second-order valence-electron chi connectivity index (χ2n) is 8.72. The van der Waals surface area contributed by atoms with Crippen LogP contribution in [0.5, 0.6) is 5.75 Å². The van der Waals surface area contributed by atoms with Gasteiger partial charge in [-0.2, -0.15) is 0 Å². The number of ether oxygens (including phenoxy) is 1. The number of rotatable bonds is 5. The summed E-state index contributed by atoms with van der Waals surface area (Å²) in [7, 11) is 0. The molecule has 2 aromatic rings. The van der Waals surface area contributed by atoms with Gasteiger partial charge in [-0.05, 0) is 45.4 Å². The number of carbonyl (C=O) groups excluding carboxylic acids is 1. The number of aromatic nitrogens is 2. The fraction of sp³-hybridized carbons (Fsp3) is 0.500. The van der Waals surface area contributed by atoms with Crippen LogP contribution in [0.3, 0.4) is 0 Å². The molecule has 1 atom stereocenters. The highest BCUT2D eigenvalue weighted by Gasteiger charge is 2.36. The minimum absolute atomic E-state index is 0.0563. The van der Waals surface area contributed by atoms with E-state index in [1.54, 1.807) is 18.7 Å². The number of piperidine rings is 1. The quantitative estimate of drug-likeness (QED) is 0.709. The van der Waals surface area contributed by atoms with Crippen LogP contribution in [0.15, 0.2) is 18.2 Å². The number of halogens is 2. The largest absolute Gasteiger partial charge is 0.489 e. The molecule has 33 heavy (non-hydrogen) atoms. The number of nitrogens with one attached hydrogen (secondary N) is 1. The van der Waals surface area contributed by atoms with Crippen molar-refractivity contribution in [2.75, 3.05) is 32.7 Å². The fourth-order valence-electron chi connectivity index (χ4n) is 4.45. The van der Waals surface area contributed by atoms with Crippen LogP contribution in [0.4, 0.5) is 4.39 Å². The Morgan fingerprint density at radius 3 is 2.55 bits per heavy atom. The Morgan fingerprint density at radius 1 is 1.24 bits per heavy atom. The zero-order chi connectivity index (χ0) is 23.7. The molecule has 1 aromatic carbocycles. The summed E-state index contributed by atoms with van der Waals surface area (Å²) < 4.78 is 20.2. The third kappa shape index (κ3) is 5.01. The third-order valence-electron chi connectivity index (χ3n) is 6.43. The SMILES string of the molecule is CCN1CCC(Oc2cc(F)ccc2C(=O)N2CC(=N)C(c3nc(C)c(Cl)c(C)n3)C2)CC1. The van der Waals surface area contributed by atoms with Gasteiger partial charge < -0.3 is 19.9 Å². The predicted octanol–water partition coefficient (Wildman–Crippen LogP) is 4.01. The molecular weight excluding hydrogens is 445 g/mol.